The van der Waals surface area contributed by atoms with Gasteiger partial charge in [-0.1, -0.05) is 0 Å². The van der Waals surface area contributed by atoms with Crippen molar-refractivity contribution in [1.29, 1.82) is 0 Å². The van der Waals surface area contributed by atoms with E-state index in [2.05, 4.69) is 4.74 Å². The lowest BCUT2D eigenvalue weighted by atomic mass is 10.0. The summed E-state index contributed by atoms with van der Waals surface area (Å²) in [6.07, 6.45) is -0.292. The molecule has 21 heavy (non-hydrogen) atoms. The summed E-state index contributed by atoms with van der Waals surface area (Å²) < 4.78 is 35.8. The fourth-order valence-corrected chi connectivity index (χ4v) is 1.58. The number of benzene rings is 1. The van der Waals surface area contributed by atoms with Crippen molar-refractivity contribution in [3.05, 3.63) is 39.2 Å². The lowest BCUT2D eigenvalue weighted by Gasteiger charge is -2.08. The second kappa shape index (κ2) is 7.39. The topological polar surface area (TPSA) is 95.7 Å². The quantitative estimate of drug-likeness (QED) is 0.191. The predicted octanol–water partition coefficient (Wildman–Crippen LogP) is 1.92. The van der Waals surface area contributed by atoms with E-state index in [0.717, 1.165) is 13.0 Å². The lowest BCUT2D eigenvalue weighted by molar-refractivity contribution is -0.385. The molecule has 0 saturated carbocycles. The second-order valence-electron chi connectivity index (χ2n) is 3.86. The van der Waals surface area contributed by atoms with Crippen molar-refractivity contribution in [2.24, 2.45) is 0 Å². The highest BCUT2D eigenvalue weighted by Crippen LogP contribution is 2.26. The second-order valence-corrected chi connectivity index (χ2v) is 3.86. The van der Waals surface area contributed by atoms with Gasteiger partial charge < -0.3 is 9.47 Å². The summed E-state index contributed by atoms with van der Waals surface area (Å²) in [5.41, 5.74) is -2.21. The van der Waals surface area contributed by atoms with Crippen molar-refractivity contribution in [3.8, 4) is 0 Å². The minimum Gasteiger partial charge on any atom is -0.439 e. The van der Waals surface area contributed by atoms with Gasteiger partial charge in [-0.15, -0.1) is 0 Å². The first-order chi connectivity index (χ1) is 9.84. The minimum absolute atomic E-state index is 0.217. The third-order valence-corrected chi connectivity index (χ3v) is 2.47. The zero-order valence-corrected chi connectivity index (χ0v) is 10.9. The van der Waals surface area contributed by atoms with Crippen molar-refractivity contribution in [3.63, 3.8) is 0 Å². The molecule has 7 nitrogen and oxygen atoms in total. The van der Waals surface area contributed by atoms with E-state index in [4.69, 9.17) is 4.74 Å². The van der Waals surface area contributed by atoms with Crippen molar-refractivity contribution in [1.82, 2.24) is 0 Å². The zero-order chi connectivity index (χ0) is 16.0. The van der Waals surface area contributed by atoms with Crippen LogP contribution in [-0.4, -0.2) is 30.3 Å². The molecule has 1 rings (SSSR count). The Bertz CT molecular complexity index is 575. The predicted molar refractivity (Wildman–Crippen MR) is 64.8 cm³/mol. The molecular formula is C12H11F2NO6. The van der Waals surface area contributed by atoms with Crippen molar-refractivity contribution in [2.75, 3.05) is 13.4 Å². The van der Waals surface area contributed by atoms with Crippen LogP contribution in [0.1, 0.15) is 22.8 Å². The third-order valence-electron chi connectivity index (χ3n) is 2.47. The summed E-state index contributed by atoms with van der Waals surface area (Å²) in [5.74, 6) is -1.55. The molecule has 0 spiro atoms. The Hall–Kier alpha value is -2.42. The normalized spacial score (nSPS) is 10.2. The maximum atomic E-state index is 13.6. The fourth-order valence-electron chi connectivity index (χ4n) is 1.58. The summed E-state index contributed by atoms with van der Waals surface area (Å²) in [6, 6.07) is -0.617. The molecule has 0 unspecified atom stereocenters. The minimum atomic E-state index is -2.10. The van der Waals surface area contributed by atoms with Crippen LogP contribution < -0.4 is 0 Å². The molecule has 0 fully saturated rings. The molecule has 0 N–H and O–H groups in total. The van der Waals surface area contributed by atoms with Crippen LogP contribution in [-0.2, 0) is 20.7 Å². The van der Waals surface area contributed by atoms with Crippen LogP contribution in [0.2, 0.25) is 0 Å². The first kappa shape index (κ1) is 16.6. The molecule has 0 amide bonds. The monoisotopic (exact) mass is 303 g/mol. The largest absolute Gasteiger partial charge is 0.439 e. The molecule has 0 aromatic heterocycles. The van der Waals surface area contributed by atoms with Gasteiger partial charge in [-0.3, -0.25) is 19.7 Å². The van der Waals surface area contributed by atoms with Gasteiger partial charge in [-0.25, -0.2) is 4.39 Å². The maximum Gasteiger partial charge on any atom is 0.339 e. The molecule has 0 aliphatic rings. The van der Waals surface area contributed by atoms with E-state index in [1.807, 2.05) is 0 Å². The Labute approximate surface area is 117 Å². The molecule has 0 saturated heterocycles. The summed E-state index contributed by atoms with van der Waals surface area (Å²) >= 11 is 0. The molecule has 114 valence electrons. The van der Waals surface area contributed by atoms with Gasteiger partial charge in [0.25, 0.3) is 5.69 Å². The van der Waals surface area contributed by atoms with Crippen molar-refractivity contribution < 1.29 is 32.8 Å². The molecule has 0 bridgehead atoms. The number of nitro groups is 1. The van der Waals surface area contributed by atoms with Crippen LogP contribution in [0.5, 0.6) is 0 Å². The molecule has 1 aromatic rings. The van der Waals surface area contributed by atoms with E-state index in [1.54, 1.807) is 0 Å². The average Bonchev–Trinajstić information content (AvgIpc) is 2.38. The van der Waals surface area contributed by atoms with Gasteiger partial charge in [-0.2, -0.15) is 4.39 Å². The van der Waals surface area contributed by atoms with Gasteiger partial charge in [0.2, 0.25) is 0 Å². The fraction of sp³-hybridized carbons (Fsp3) is 0.333. The highest BCUT2D eigenvalue weighted by molar-refractivity contribution is 5.94. The molecule has 0 heterocycles. The summed E-state index contributed by atoms with van der Waals surface area (Å²) in [7, 11) is 0. The van der Waals surface area contributed by atoms with Gasteiger partial charge >= 0.3 is 12.0 Å². The smallest absolute Gasteiger partial charge is 0.339 e. The number of hydrogen-bond donors (Lipinski definition) is 0. The Morgan fingerprint density at radius 1 is 1.38 bits per heavy atom. The number of halogens is 2. The number of carbonyl (C=O) groups is 2. The Morgan fingerprint density at radius 3 is 2.57 bits per heavy atom. The Morgan fingerprint density at radius 2 is 2.05 bits per heavy atom. The number of esters is 1. The van der Waals surface area contributed by atoms with Crippen LogP contribution in [0.15, 0.2) is 12.1 Å². The molecule has 0 aliphatic heterocycles. The summed E-state index contributed by atoms with van der Waals surface area (Å²) in [4.78, 5) is 31.1. The van der Waals surface area contributed by atoms with Gasteiger partial charge in [-0.05, 0) is 12.5 Å². The number of nitrogens with zero attached hydrogens (tertiary/aromatic N) is 1. The summed E-state index contributed by atoms with van der Waals surface area (Å²) in [5, 5.41) is 10.7. The average molecular weight is 303 g/mol. The molecule has 1 aromatic carbocycles. The van der Waals surface area contributed by atoms with Crippen LogP contribution in [0.3, 0.4) is 0 Å². The Balaban J connectivity index is 2.89. The zero-order valence-electron chi connectivity index (χ0n) is 10.9. The van der Waals surface area contributed by atoms with Gasteiger partial charge in [0.1, 0.15) is 11.4 Å². The van der Waals surface area contributed by atoms with Crippen LogP contribution >= 0.6 is 0 Å². The van der Waals surface area contributed by atoms with E-state index in [1.165, 1.54) is 0 Å². The van der Waals surface area contributed by atoms with E-state index in [-0.39, 0.29) is 13.0 Å². The van der Waals surface area contributed by atoms with E-state index in [0.29, 0.717) is 6.07 Å². The Kier molecular flexibility index (Phi) is 5.85. The molecule has 0 aliphatic carbocycles. The van der Waals surface area contributed by atoms with Crippen LogP contribution in [0, 0.1) is 15.9 Å². The lowest BCUT2D eigenvalue weighted by Crippen LogP contribution is -2.11. The first-order valence-electron chi connectivity index (χ1n) is 5.71. The molecule has 0 atom stereocenters. The van der Waals surface area contributed by atoms with Gasteiger partial charge in [0.15, 0.2) is 6.79 Å². The number of hydrogen-bond acceptors (Lipinski definition) is 6. The van der Waals surface area contributed by atoms with Crippen LogP contribution in [0.4, 0.5) is 14.5 Å². The van der Waals surface area contributed by atoms with Crippen molar-refractivity contribution in [2.45, 2.75) is 13.3 Å². The van der Waals surface area contributed by atoms with E-state index < -0.39 is 46.4 Å². The van der Waals surface area contributed by atoms with Gasteiger partial charge in [0, 0.05) is 18.6 Å². The van der Waals surface area contributed by atoms with E-state index in [9.17, 15) is 28.5 Å². The van der Waals surface area contributed by atoms with Crippen molar-refractivity contribution >= 4 is 17.7 Å². The number of ether oxygens (including phenoxy) is 2. The first-order valence-corrected chi connectivity index (χ1v) is 5.71. The number of carbonyl (C=O) groups excluding carboxylic acids is 2. The molecule has 9 heteroatoms. The highest BCUT2D eigenvalue weighted by Gasteiger charge is 2.26. The van der Waals surface area contributed by atoms with Gasteiger partial charge in [0.05, 0.1) is 11.5 Å². The molecular weight excluding hydrogens is 292 g/mol. The highest BCUT2D eigenvalue weighted by atomic mass is 19.1. The third kappa shape index (κ3) is 4.56. The SMILES string of the molecule is CC(=O)OCOCCc1c(F)ccc([N+](=O)[O-])c1C(=O)F. The molecule has 0 radical (unpaired) electrons. The van der Waals surface area contributed by atoms with E-state index >= 15 is 0 Å². The number of nitro benzene ring substituents is 1. The van der Waals surface area contributed by atoms with Crippen LogP contribution in [0.25, 0.3) is 0 Å². The maximum absolute atomic E-state index is 13.6. The number of rotatable bonds is 7. The summed E-state index contributed by atoms with van der Waals surface area (Å²) in [6.45, 7) is 0.542. The standard InChI is InChI=1S/C12H11F2NO6/c1-7(16)21-6-20-5-4-8-9(13)2-3-10(15(18)19)11(8)12(14)17/h2-3H,4-6H2,1H3.